The van der Waals surface area contributed by atoms with Gasteiger partial charge in [0.2, 0.25) is 15.9 Å². The van der Waals surface area contributed by atoms with E-state index >= 15 is 0 Å². The molecule has 3 rings (SSSR count). The van der Waals surface area contributed by atoms with Gasteiger partial charge in [0.1, 0.15) is 4.90 Å². The van der Waals surface area contributed by atoms with Crippen molar-refractivity contribution in [2.24, 2.45) is 0 Å². The summed E-state index contributed by atoms with van der Waals surface area (Å²) in [6.45, 7) is 4.39. The molecule has 0 atom stereocenters. The normalized spacial score (nSPS) is 16.9. The van der Waals surface area contributed by atoms with Crippen LogP contribution in [0.1, 0.15) is 25.1 Å². The Hall–Kier alpha value is -1.19. The highest BCUT2D eigenvalue weighted by atomic mass is 35.5. The van der Waals surface area contributed by atoms with Crippen LogP contribution in [0.25, 0.3) is 0 Å². The number of halogens is 2. The lowest BCUT2D eigenvalue weighted by atomic mass is 10.3. The highest BCUT2D eigenvalue weighted by molar-refractivity contribution is 7.89. The van der Waals surface area contributed by atoms with Gasteiger partial charge in [-0.1, -0.05) is 41.3 Å². The summed E-state index contributed by atoms with van der Waals surface area (Å²) in [6, 6.07) is 4.68. The van der Waals surface area contributed by atoms with Gasteiger partial charge >= 0.3 is 0 Å². The van der Waals surface area contributed by atoms with Crippen LogP contribution in [0, 0.1) is 0 Å². The average molecular weight is 419 g/mol. The van der Waals surface area contributed by atoms with E-state index in [1.165, 1.54) is 16.4 Å². The maximum absolute atomic E-state index is 12.9. The van der Waals surface area contributed by atoms with Crippen molar-refractivity contribution in [1.29, 1.82) is 0 Å². The SMILES string of the molecule is CCCc1noc(CN2CCN(S(=O)(=O)c3c(Cl)cccc3Cl)CC2)n1. The number of nitrogens with zero attached hydrogens (tertiary/aromatic N) is 4. The van der Waals surface area contributed by atoms with E-state index in [2.05, 4.69) is 22.0 Å². The van der Waals surface area contributed by atoms with E-state index in [1.54, 1.807) is 6.07 Å². The second-order valence-electron chi connectivity index (χ2n) is 6.09. The van der Waals surface area contributed by atoms with Crippen molar-refractivity contribution >= 4 is 33.2 Å². The second-order valence-corrected chi connectivity index (χ2v) is 8.77. The summed E-state index contributed by atoms with van der Waals surface area (Å²) in [4.78, 5) is 6.40. The minimum atomic E-state index is -3.73. The molecule has 26 heavy (non-hydrogen) atoms. The van der Waals surface area contributed by atoms with Crippen molar-refractivity contribution in [1.82, 2.24) is 19.3 Å². The van der Waals surface area contributed by atoms with E-state index in [0.717, 1.165) is 12.8 Å². The largest absolute Gasteiger partial charge is 0.338 e. The van der Waals surface area contributed by atoms with Gasteiger partial charge in [-0.3, -0.25) is 4.90 Å². The molecule has 0 saturated carbocycles. The van der Waals surface area contributed by atoms with E-state index in [-0.39, 0.29) is 14.9 Å². The minimum absolute atomic E-state index is 0.0297. The minimum Gasteiger partial charge on any atom is -0.338 e. The van der Waals surface area contributed by atoms with Crippen LogP contribution in [0.15, 0.2) is 27.6 Å². The predicted molar refractivity (Wildman–Crippen MR) is 98.8 cm³/mol. The van der Waals surface area contributed by atoms with Crippen LogP contribution in [0.3, 0.4) is 0 Å². The van der Waals surface area contributed by atoms with Gasteiger partial charge in [0, 0.05) is 32.6 Å². The van der Waals surface area contributed by atoms with Gasteiger partial charge in [-0.05, 0) is 18.6 Å². The van der Waals surface area contributed by atoms with Crippen molar-refractivity contribution in [2.45, 2.75) is 31.2 Å². The van der Waals surface area contributed by atoms with E-state index in [4.69, 9.17) is 27.7 Å². The monoisotopic (exact) mass is 418 g/mol. The summed E-state index contributed by atoms with van der Waals surface area (Å²) in [5, 5.41) is 4.20. The Morgan fingerprint density at radius 1 is 1.15 bits per heavy atom. The summed E-state index contributed by atoms with van der Waals surface area (Å²) in [5.74, 6) is 1.26. The van der Waals surface area contributed by atoms with E-state index in [9.17, 15) is 8.42 Å². The van der Waals surface area contributed by atoms with Crippen LogP contribution in [0.2, 0.25) is 10.0 Å². The Labute approximate surface area is 162 Å². The number of piperazine rings is 1. The third-order valence-electron chi connectivity index (χ3n) is 4.19. The molecule has 0 spiro atoms. The van der Waals surface area contributed by atoms with Crippen LogP contribution in [-0.2, 0) is 23.0 Å². The van der Waals surface area contributed by atoms with Crippen LogP contribution >= 0.6 is 23.2 Å². The number of rotatable bonds is 6. The van der Waals surface area contributed by atoms with Gasteiger partial charge in [0.15, 0.2) is 5.82 Å². The molecular formula is C16H20Cl2N4O3S. The maximum Gasteiger partial charge on any atom is 0.246 e. The first-order chi connectivity index (χ1) is 12.4. The molecule has 1 fully saturated rings. The molecule has 0 bridgehead atoms. The number of hydrogen-bond acceptors (Lipinski definition) is 6. The molecular weight excluding hydrogens is 399 g/mol. The molecule has 0 aliphatic carbocycles. The summed E-state index contributed by atoms with van der Waals surface area (Å²) in [7, 11) is -3.73. The molecule has 142 valence electrons. The fourth-order valence-electron chi connectivity index (χ4n) is 2.86. The molecule has 7 nitrogen and oxygen atoms in total. The van der Waals surface area contributed by atoms with E-state index < -0.39 is 10.0 Å². The Morgan fingerprint density at radius 3 is 2.42 bits per heavy atom. The van der Waals surface area contributed by atoms with Crippen molar-refractivity contribution in [3.05, 3.63) is 40.0 Å². The predicted octanol–water partition coefficient (Wildman–Crippen LogP) is 2.84. The molecule has 1 aliphatic rings. The number of hydrogen-bond donors (Lipinski definition) is 0. The fourth-order valence-corrected chi connectivity index (χ4v) is 5.37. The molecule has 0 radical (unpaired) electrons. The van der Waals surface area contributed by atoms with Crippen LogP contribution in [0.4, 0.5) is 0 Å². The second kappa shape index (κ2) is 8.22. The molecule has 0 unspecified atom stereocenters. The topological polar surface area (TPSA) is 79.5 Å². The van der Waals surface area contributed by atoms with Gasteiger partial charge in [-0.25, -0.2) is 8.42 Å². The molecule has 2 heterocycles. The van der Waals surface area contributed by atoms with Crippen LogP contribution in [0.5, 0.6) is 0 Å². The molecule has 10 heteroatoms. The van der Waals surface area contributed by atoms with Gasteiger partial charge in [0.05, 0.1) is 16.6 Å². The summed E-state index contributed by atoms with van der Waals surface area (Å²) >= 11 is 12.1. The zero-order valence-corrected chi connectivity index (χ0v) is 16.7. The Balaban J connectivity index is 1.64. The molecule has 1 saturated heterocycles. The summed E-state index contributed by atoms with van der Waals surface area (Å²) in [5.41, 5.74) is 0. The van der Waals surface area contributed by atoms with Gasteiger partial charge < -0.3 is 4.52 Å². The number of sulfonamides is 1. The Kier molecular flexibility index (Phi) is 6.19. The first kappa shape index (κ1) is 19.6. The van der Waals surface area contributed by atoms with Crippen molar-refractivity contribution < 1.29 is 12.9 Å². The Bertz CT molecular complexity index is 844. The van der Waals surface area contributed by atoms with E-state index in [1.807, 2.05) is 0 Å². The van der Waals surface area contributed by atoms with Gasteiger partial charge in [-0.15, -0.1) is 0 Å². The molecule has 1 aromatic carbocycles. The summed E-state index contributed by atoms with van der Waals surface area (Å²) in [6.07, 6.45) is 1.74. The molecule has 1 aromatic heterocycles. The third kappa shape index (κ3) is 4.20. The number of aromatic nitrogens is 2. The lowest BCUT2D eigenvalue weighted by Gasteiger charge is -2.33. The molecule has 0 amide bonds. The van der Waals surface area contributed by atoms with Crippen molar-refractivity contribution in [2.75, 3.05) is 26.2 Å². The van der Waals surface area contributed by atoms with Crippen LogP contribution < -0.4 is 0 Å². The van der Waals surface area contributed by atoms with Gasteiger partial charge in [0.25, 0.3) is 0 Å². The highest BCUT2D eigenvalue weighted by Gasteiger charge is 2.32. The molecule has 0 N–H and O–H groups in total. The van der Waals surface area contributed by atoms with Gasteiger partial charge in [-0.2, -0.15) is 9.29 Å². The highest BCUT2D eigenvalue weighted by Crippen LogP contribution is 2.31. The Morgan fingerprint density at radius 2 is 1.81 bits per heavy atom. The van der Waals surface area contributed by atoms with E-state index in [0.29, 0.717) is 44.4 Å². The third-order valence-corrected chi connectivity index (χ3v) is 7.05. The van der Waals surface area contributed by atoms with Crippen molar-refractivity contribution in [3.63, 3.8) is 0 Å². The lowest BCUT2D eigenvalue weighted by Crippen LogP contribution is -2.48. The molecule has 2 aromatic rings. The molecule has 1 aliphatic heterocycles. The number of benzene rings is 1. The fraction of sp³-hybridized carbons (Fsp3) is 0.500. The van der Waals surface area contributed by atoms with Crippen molar-refractivity contribution in [3.8, 4) is 0 Å². The smallest absolute Gasteiger partial charge is 0.246 e. The summed E-state index contributed by atoms with van der Waals surface area (Å²) < 4.78 is 32.4. The average Bonchev–Trinajstić information content (AvgIpc) is 3.02. The standard InChI is InChI=1S/C16H20Cl2N4O3S/c1-2-4-14-19-15(25-20-14)11-21-7-9-22(10-8-21)26(23,24)16-12(17)5-3-6-13(16)18/h3,5-6H,2,4,7-11H2,1H3. The first-order valence-electron chi connectivity index (χ1n) is 8.39. The lowest BCUT2D eigenvalue weighted by molar-refractivity contribution is 0.163. The quantitative estimate of drug-likeness (QED) is 0.717. The maximum atomic E-state index is 12.9. The zero-order valence-electron chi connectivity index (χ0n) is 14.4. The zero-order chi connectivity index (χ0) is 18.7. The first-order valence-corrected chi connectivity index (χ1v) is 10.6. The van der Waals surface area contributed by atoms with Crippen LogP contribution in [-0.4, -0.2) is 53.9 Å². The number of aryl methyl sites for hydroxylation is 1.